The minimum Gasteiger partial charge on any atom is -0.380 e. The number of ether oxygens (including phenoxy) is 8. The average Bonchev–Trinajstić information content (AvgIpc) is 1.55. The van der Waals surface area contributed by atoms with E-state index in [0.717, 1.165) is 44.2 Å². The molecule has 6 aromatic carbocycles. The van der Waals surface area contributed by atoms with E-state index in [1.54, 1.807) is 13.8 Å². The number of nitrogens with zero attached hydrogens (tertiary/aromatic N) is 8. The Morgan fingerprint density at radius 2 is 0.804 bits per heavy atom. The number of hydrogen-bond acceptors (Lipinski definition) is 22. The van der Waals surface area contributed by atoms with Crippen LogP contribution in [0.15, 0.2) is 200 Å². The average molecular weight is 1280 g/mol. The van der Waals surface area contributed by atoms with E-state index >= 15 is 0 Å². The van der Waals surface area contributed by atoms with Crippen molar-refractivity contribution in [3.05, 3.63) is 239 Å². The number of sulfone groups is 1. The van der Waals surface area contributed by atoms with E-state index in [0.29, 0.717) is 13.2 Å². The highest BCUT2D eigenvalue weighted by atomic mass is 32.2. The van der Waals surface area contributed by atoms with Gasteiger partial charge in [-0.3, -0.25) is 0 Å². The molecule has 0 amide bonds. The summed E-state index contributed by atoms with van der Waals surface area (Å²) >= 11 is 0. The molecule has 4 aromatic heterocycles. The molecule has 0 spiro atoms. The Bertz CT molecular complexity index is 4080. The molecule has 0 radical (unpaired) electrons. The van der Waals surface area contributed by atoms with E-state index in [1.165, 1.54) is 16.9 Å². The highest BCUT2D eigenvalue weighted by Gasteiger charge is 2.68. The van der Waals surface area contributed by atoms with Crippen molar-refractivity contribution in [2.75, 3.05) is 36.7 Å². The largest absolute Gasteiger partial charge is 0.380 e. The van der Waals surface area contributed by atoms with Crippen LogP contribution in [0.3, 0.4) is 0 Å². The zero-order valence-corrected chi connectivity index (χ0v) is 50.7. The molecule has 92 heavy (non-hydrogen) atoms. The van der Waals surface area contributed by atoms with E-state index in [4.69, 9.17) is 55.1 Å². The molecule has 2 unspecified atom stereocenters. The van der Waals surface area contributed by atoms with Crippen LogP contribution in [0.5, 0.6) is 0 Å². The summed E-state index contributed by atoms with van der Waals surface area (Å²) in [5.74, 6) is -4.60. The molecular weight excluding hydrogens is 1200 g/mol. The third-order valence-corrected chi connectivity index (χ3v) is 16.5. The molecule has 486 valence electrons. The molecule has 0 bridgehead atoms. The quantitative estimate of drug-likeness (QED) is 0.0349. The van der Waals surface area contributed by atoms with Gasteiger partial charge in [-0.25, -0.2) is 27.4 Å². The first-order valence-electron chi connectivity index (χ1n) is 28.7. The lowest BCUT2D eigenvalue weighted by Gasteiger charge is -2.39. The highest BCUT2D eigenvalue weighted by molar-refractivity contribution is 7.90. The summed E-state index contributed by atoms with van der Waals surface area (Å²) in [6, 6.07) is 58.0. The number of nitrogen functional groups attached to an aromatic ring is 3. The van der Waals surface area contributed by atoms with E-state index in [1.807, 2.05) is 182 Å². The van der Waals surface area contributed by atoms with Crippen molar-refractivity contribution < 1.29 is 56.5 Å². The van der Waals surface area contributed by atoms with Crippen LogP contribution in [-0.4, -0.2) is 113 Å². The summed E-state index contributed by atoms with van der Waals surface area (Å²) in [5.41, 5.74) is 21.0. The van der Waals surface area contributed by atoms with Gasteiger partial charge in [0.1, 0.15) is 35.8 Å². The number of aliphatic hydroxyl groups is 2. The SMILES string of the molecule is C.C.C[C@@]1(OCc2ccccc2)[C@H](OCc2ccccc2)[C@@H](COCc2ccccc2)OC1(O)c1cnc2c(N)nc(N)nn12.C[C@@]1(OCc2ccccc2)[C@H](OCc2ccccc2)[C@@H](COCc2ccccc2)OC1(O)c1cnc2c(N)nc(S(C)(=O)=O)nn12.N. The van der Waals surface area contributed by atoms with Gasteiger partial charge in [-0.1, -0.05) is 197 Å². The highest BCUT2D eigenvalue weighted by Crippen LogP contribution is 2.51. The molecular formula is C67H80N12O12S. The molecule has 8 atom stereocenters. The van der Waals surface area contributed by atoms with Gasteiger partial charge in [-0.2, -0.15) is 9.97 Å². The van der Waals surface area contributed by atoms with Crippen LogP contribution >= 0.6 is 0 Å². The normalized spacial score (nSPS) is 22.6. The van der Waals surface area contributed by atoms with Gasteiger partial charge in [-0.15, -0.1) is 10.2 Å². The zero-order valence-electron chi connectivity index (χ0n) is 49.8. The number of rotatable bonds is 23. The standard InChI is InChI=1S/C33H35N5O7S.C32H34N6O5.2CH4.H3N/c1-32(44-21-25-16-10-5-11-17-25)28(43-20-24-14-8-4-9-15-24)26(22-42-19-23-12-6-3-7-13-23)45-33(32,39)27-18-35-30-29(34)36-31(37-38(27)30)46(2,40)41;1-31(42-20-24-15-9-4-10-16-24)27(41-19-23-13-7-3-8-14-23)25(21-40-18-22-11-5-2-6-12-22)43-32(31,39)26-17-35-29-28(33)36-30(34)37-38(26)29;;;/h3-18,26,28,39H,19-22H2,1-2H3,(H2,34,36,37);2-17,25,27,39H,18-21H2,1H3,(H4,33,34,36,37);2*1H4;1H3/t26-,28-,32-,33?;25-,27-,31-,32?;;;/m11.../s1. The maximum atomic E-state index is 12.7. The van der Waals surface area contributed by atoms with E-state index < -0.39 is 62.2 Å². The zero-order chi connectivity index (χ0) is 62.2. The number of aromatic nitrogens is 8. The summed E-state index contributed by atoms with van der Waals surface area (Å²) in [5, 5.41) is 33.2. The van der Waals surface area contributed by atoms with Crippen molar-refractivity contribution in [2.24, 2.45) is 0 Å². The van der Waals surface area contributed by atoms with Gasteiger partial charge in [0, 0.05) is 6.26 Å². The van der Waals surface area contributed by atoms with Crippen molar-refractivity contribution >= 4 is 38.7 Å². The summed E-state index contributed by atoms with van der Waals surface area (Å²) in [7, 11) is -3.88. The second-order valence-electron chi connectivity index (χ2n) is 22.0. The van der Waals surface area contributed by atoms with Crippen LogP contribution in [0.1, 0.15) is 73.5 Å². The lowest BCUT2D eigenvalue weighted by molar-refractivity contribution is -0.294. The third-order valence-electron chi connectivity index (χ3n) is 15.6. The first-order chi connectivity index (χ1) is 43.0. The van der Waals surface area contributed by atoms with Crippen LogP contribution in [0.4, 0.5) is 17.6 Å². The molecule has 2 saturated heterocycles. The van der Waals surface area contributed by atoms with Crippen LogP contribution < -0.4 is 23.4 Å². The fourth-order valence-electron chi connectivity index (χ4n) is 10.9. The van der Waals surface area contributed by atoms with Crippen LogP contribution in [0.25, 0.3) is 11.3 Å². The maximum Gasteiger partial charge on any atom is 0.267 e. The molecule has 2 aliphatic rings. The fraction of sp³-hybridized carbons (Fsp3) is 0.313. The second kappa shape index (κ2) is 29.7. The molecule has 12 rings (SSSR count). The fourth-order valence-corrected chi connectivity index (χ4v) is 11.4. The minimum absolute atomic E-state index is 0. The number of anilines is 3. The Balaban J connectivity index is 0.000000230. The molecule has 10 aromatic rings. The number of nitrogens with two attached hydrogens (primary N) is 3. The van der Waals surface area contributed by atoms with Crippen molar-refractivity contribution in [1.82, 2.24) is 45.3 Å². The molecule has 25 heteroatoms. The summed E-state index contributed by atoms with van der Waals surface area (Å²) in [6.07, 6.45) is 0.433. The van der Waals surface area contributed by atoms with Gasteiger partial charge in [0.2, 0.25) is 27.4 Å². The molecule has 0 saturated carbocycles. The smallest absolute Gasteiger partial charge is 0.267 e. The topological polar surface area (TPSA) is 348 Å². The third kappa shape index (κ3) is 14.6. The summed E-state index contributed by atoms with van der Waals surface area (Å²) in [4.78, 5) is 16.6. The van der Waals surface area contributed by atoms with Gasteiger partial charge in [-0.05, 0) is 47.2 Å². The first kappa shape index (κ1) is 69.2. The Hall–Kier alpha value is -8.67. The predicted octanol–water partition coefficient (Wildman–Crippen LogP) is 8.48. The second-order valence-corrected chi connectivity index (χ2v) is 23.9. The van der Waals surface area contributed by atoms with Crippen LogP contribution in [0, 0.1) is 0 Å². The van der Waals surface area contributed by atoms with Crippen LogP contribution in [-0.2, 0) is 98.9 Å². The maximum absolute atomic E-state index is 12.7. The Morgan fingerprint density at radius 3 is 1.15 bits per heavy atom. The van der Waals surface area contributed by atoms with Gasteiger partial charge in [0.15, 0.2) is 34.1 Å². The lowest BCUT2D eigenvalue weighted by atomic mass is 9.87. The van der Waals surface area contributed by atoms with Gasteiger partial charge < -0.3 is 71.5 Å². The number of hydrogen-bond donors (Lipinski definition) is 6. The summed E-state index contributed by atoms with van der Waals surface area (Å²) < 4.78 is 78.9. The Kier molecular flexibility index (Phi) is 22.4. The van der Waals surface area contributed by atoms with Gasteiger partial charge in [0.05, 0.1) is 65.2 Å². The Morgan fingerprint density at radius 1 is 0.489 bits per heavy atom. The van der Waals surface area contributed by atoms with Crippen molar-refractivity contribution in [3.63, 3.8) is 0 Å². The predicted molar refractivity (Wildman–Crippen MR) is 345 cm³/mol. The lowest BCUT2D eigenvalue weighted by Crippen LogP contribution is -2.55. The first-order valence-corrected chi connectivity index (χ1v) is 30.5. The van der Waals surface area contributed by atoms with E-state index in [-0.39, 0.29) is 101 Å². The Labute approximate surface area is 534 Å². The molecule has 24 nitrogen and oxygen atoms in total. The molecule has 11 N–H and O–H groups in total. The number of imidazole rings is 2. The molecule has 2 aliphatic heterocycles. The van der Waals surface area contributed by atoms with E-state index in [2.05, 4.69) is 30.1 Å². The molecule has 2 fully saturated rings. The van der Waals surface area contributed by atoms with Crippen molar-refractivity contribution in [3.8, 4) is 0 Å². The minimum atomic E-state index is -3.88. The van der Waals surface area contributed by atoms with Gasteiger partial charge in [0.25, 0.3) is 5.16 Å². The molecule has 6 heterocycles. The van der Waals surface area contributed by atoms with Crippen LogP contribution in [0.2, 0.25) is 0 Å². The number of fused-ring (bicyclic) bond motifs is 2. The van der Waals surface area contributed by atoms with E-state index in [9.17, 15) is 18.6 Å². The summed E-state index contributed by atoms with van der Waals surface area (Å²) in [6.45, 7) is 4.92. The number of benzene rings is 6. The van der Waals surface area contributed by atoms with Crippen molar-refractivity contribution in [1.29, 1.82) is 0 Å². The van der Waals surface area contributed by atoms with Crippen molar-refractivity contribution in [2.45, 2.75) is 121 Å². The monoisotopic (exact) mass is 1280 g/mol. The van der Waals surface area contributed by atoms with Gasteiger partial charge >= 0.3 is 0 Å². The molecule has 0 aliphatic carbocycles.